The number of para-hydroxylation sites is 1. The van der Waals surface area contributed by atoms with Crippen molar-refractivity contribution in [2.45, 2.75) is 12.8 Å². The van der Waals surface area contributed by atoms with E-state index in [-0.39, 0.29) is 17.2 Å². The van der Waals surface area contributed by atoms with Crippen LogP contribution in [0.4, 0.5) is 5.69 Å². The average molecular weight is 323 g/mol. The summed E-state index contributed by atoms with van der Waals surface area (Å²) in [6.45, 7) is 2.08. The SMILES string of the molecule is Cn1cccc1C(=O)N1CCC2(CC(=O)N(c3ccccc3)C2)C1. The maximum absolute atomic E-state index is 12.7. The van der Waals surface area contributed by atoms with Crippen LogP contribution in [0.5, 0.6) is 0 Å². The van der Waals surface area contributed by atoms with E-state index in [1.54, 1.807) is 0 Å². The first kappa shape index (κ1) is 15.0. The Labute approximate surface area is 141 Å². The molecule has 0 saturated carbocycles. The third-order valence-electron chi connectivity index (χ3n) is 5.28. The van der Waals surface area contributed by atoms with Gasteiger partial charge in [0.25, 0.3) is 5.91 Å². The van der Waals surface area contributed by atoms with E-state index in [9.17, 15) is 9.59 Å². The Balaban J connectivity index is 1.51. The summed E-state index contributed by atoms with van der Waals surface area (Å²) >= 11 is 0. The van der Waals surface area contributed by atoms with Gasteiger partial charge in [-0.25, -0.2) is 0 Å². The number of aromatic nitrogens is 1. The van der Waals surface area contributed by atoms with Gasteiger partial charge in [0.1, 0.15) is 5.69 Å². The molecule has 2 fully saturated rings. The number of amides is 2. The van der Waals surface area contributed by atoms with E-state index in [2.05, 4.69) is 0 Å². The van der Waals surface area contributed by atoms with E-state index in [1.165, 1.54) is 0 Å². The number of benzene rings is 1. The van der Waals surface area contributed by atoms with Crippen molar-refractivity contribution in [2.24, 2.45) is 12.5 Å². The smallest absolute Gasteiger partial charge is 0.270 e. The van der Waals surface area contributed by atoms with Gasteiger partial charge in [-0.3, -0.25) is 9.59 Å². The van der Waals surface area contributed by atoms with Crippen LogP contribution in [-0.4, -0.2) is 40.9 Å². The van der Waals surface area contributed by atoms with Crippen LogP contribution in [0.15, 0.2) is 48.7 Å². The van der Waals surface area contributed by atoms with E-state index in [4.69, 9.17) is 0 Å². The van der Waals surface area contributed by atoms with Gasteiger partial charge in [0.2, 0.25) is 5.91 Å². The zero-order valence-corrected chi connectivity index (χ0v) is 13.8. The molecule has 1 aromatic heterocycles. The fourth-order valence-electron chi connectivity index (χ4n) is 3.97. The maximum Gasteiger partial charge on any atom is 0.270 e. The van der Waals surface area contributed by atoms with Crippen molar-refractivity contribution in [1.29, 1.82) is 0 Å². The molecule has 1 unspecified atom stereocenters. The number of likely N-dealkylation sites (tertiary alicyclic amines) is 1. The van der Waals surface area contributed by atoms with Crippen LogP contribution in [-0.2, 0) is 11.8 Å². The largest absolute Gasteiger partial charge is 0.347 e. The van der Waals surface area contributed by atoms with Crippen molar-refractivity contribution in [2.75, 3.05) is 24.5 Å². The summed E-state index contributed by atoms with van der Waals surface area (Å²) in [6.07, 6.45) is 3.30. The van der Waals surface area contributed by atoms with Crippen LogP contribution in [0.1, 0.15) is 23.3 Å². The zero-order valence-electron chi connectivity index (χ0n) is 13.8. The summed E-state index contributed by atoms with van der Waals surface area (Å²) in [5, 5.41) is 0. The number of rotatable bonds is 2. The van der Waals surface area contributed by atoms with Crippen LogP contribution >= 0.6 is 0 Å². The normalized spacial score (nSPS) is 23.5. The average Bonchev–Trinajstić information content (AvgIpc) is 3.28. The number of carbonyl (C=O) groups excluding carboxylic acids is 2. The van der Waals surface area contributed by atoms with E-state index >= 15 is 0 Å². The number of carbonyl (C=O) groups is 2. The predicted molar refractivity (Wildman–Crippen MR) is 91.8 cm³/mol. The molecule has 0 N–H and O–H groups in total. The molecule has 3 heterocycles. The van der Waals surface area contributed by atoms with E-state index in [1.807, 2.05) is 70.1 Å². The molecule has 2 aromatic rings. The number of nitrogens with zero attached hydrogens (tertiary/aromatic N) is 3. The quantitative estimate of drug-likeness (QED) is 0.851. The molecule has 5 nitrogen and oxygen atoms in total. The number of hydrogen-bond donors (Lipinski definition) is 0. The van der Waals surface area contributed by atoms with Crippen LogP contribution in [0.2, 0.25) is 0 Å². The zero-order chi connectivity index (χ0) is 16.7. The predicted octanol–water partition coefficient (Wildman–Crippen LogP) is 2.29. The molecule has 0 bridgehead atoms. The van der Waals surface area contributed by atoms with Crippen molar-refractivity contribution in [3.05, 3.63) is 54.4 Å². The van der Waals surface area contributed by atoms with Gasteiger partial charge in [0.05, 0.1) is 0 Å². The van der Waals surface area contributed by atoms with E-state index < -0.39 is 0 Å². The highest BCUT2D eigenvalue weighted by molar-refractivity contribution is 5.97. The van der Waals surface area contributed by atoms with Crippen molar-refractivity contribution in [1.82, 2.24) is 9.47 Å². The fourth-order valence-corrected chi connectivity index (χ4v) is 3.97. The van der Waals surface area contributed by atoms with Crippen molar-refractivity contribution < 1.29 is 9.59 Å². The summed E-state index contributed by atoms with van der Waals surface area (Å²) < 4.78 is 1.85. The Morgan fingerprint density at radius 3 is 2.58 bits per heavy atom. The first-order valence-electron chi connectivity index (χ1n) is 8.34. The van der Waals surface area contributed by atoms with Crippen molar-refractivity contribution in [3.63, 3.8) is 0 Å². The molecule has 2 aliphatic rings. The van der Waals surface area contributed by atoms with Crippen molar-refractivity contribution >= 4 is 17.5 Å². The molecule has 0 radical (unpaired) electrons. The fraction of sp³-hybridized carbons (Fsp3) is 0.368. The van der Waals surface area contributed by atoms with E-state index in [0.29, 0.717) is 25.2 Å². The Kier molecular flexibility index (Phi) is 3.44. The monoisotopic (exact) mass is 323 g/mol. The van der Waals surface area contributed by atoms with Gasteiger partial charge in [-0.05, 0) is 30.7 Å². The molecule has 124 valence electrons. The highest BCUT2D eigenvalue weighted by Crippen LogP contribution is 2.42. The summed E-state index contributed by atoms with van der Waals surface area (Å²) in [5.41, 5.74) is 1.55. The summed E-state index contributed by atoms with van der Waals surface area (Å²) in [7, 11) is 1.88. The third kappa shape index (κ3) is 2.40. The Morgan fingerprint density at radius 2 is 1.88 bits per heavy atom. The number of hydrogen-bond acceptors (Lipinski definition) is 2. The topological polar surface area (TPSA) is 45.6 Å². The van der Waals surface area contributed by atoms with Gasteiger partial charge in [-0.1, -0.05) is 18.2 Å². The minimum absolute atomic E-state index is 0.0602. The Hall–Kier alpha value is -2.56. The third-order valence-corrected chi connectivity index (χ3v) is 5.28. The summed E-state index contributed by atoms with van der Waals surface area (Å²) in [5.74, 6) is 0.222. The molecule has 1 aromatic carbocycles. The molecule has 4 rings (SSSR count). The van der Waals surface area contributed by atoms with Crippen LogP contribution < -0.4 is 4.90 Å². The molecule has 24 heavy (non-hydrogen) atoms. The Morgan fingerprint density at radius 1 is 1.08 bits per heavy atom. The lowest BCUT2D eigenvalue weighted by Gasteiger charge is -2.24. The first-order chi connectivity index (χ1) is 11.6. The molecular formula is C19H21N3O2. The lowest BCUT2D eigenvalue weighted by atomic mass is 9.86. The van der Waals surface area contributed by atoms with Gasteiger partial charge in [-0.15, -0.1) is 0 Å². The molecule has 5 heteroatoms. The maximum atomic E-state index is 12.7. The van der Waals surface area contributed by atoms with Crippen molar-refractivity contribution in [3.8, 4) is 0 Å². The summed E-state index contributed by atoms with van der Waals surface area (Å²) in [6, 6.07) is 13.5. The first-order valence-corrected chi connectivity index (χ1v) is 8.34. The minimum Gasteiger partial charge on any atom is -0.347 e. The Bertz CT molecular complexity index is 783. The second kappa shape index (κ2) is 5.51. The number of aryl methyl sites for hydroxylation is 1. The van der Waals surface area contributed by atoms with Gasteiger partial charge in [0, 0.05) is 50.4 Å². The molecule has 0 aliphatic carbocycles. The van der Waals surface area contributed by atoms with Gasteiger partial charge in [0.15, 0.2) is 0 Å². The van der Waals surface area contributed by atoms with Gasteiger partial charge < -0.3 is 14.4 Å². The number of anilines is 1. The molecular weight excluding hydrogens is 302 g/mol. The molecule has 2 saturated heterocycles. The molecule has 2 amide bonds. The lowest BCUT2D eigenvalue weighted by molar-refractivity contribution is -0.117. The van der Waals surface area contributed by atoms with Crippen LogP contribution in [0.3, 0.4) is 0 Å². The summed E-state index contributed by atoms with van der Waals surface area (Å²) in [4.78, 5) is 29.0. The minimum atomic E-state index is -0.103. The highest BCUT2D eigenvalue weighted by atomic mass is 16.2. The molecule has 1 spiro atoms. The van der Waals surface area contributed by atoms with E-state index in [0.717, 1.165) is 18.7 Å². The van der Waals surface area contributed by atoms with Crippen LogP contribution in [0.25, 0.3) is 0 Å². The standard InChI is InChI=1S/C19H21N3O2/c1-20-10-5-8-16(20)18(24)21-11-9-19(13-21)12-17(23)22(14-19)15-6-3-2-4-7-15/h2-8,10H,9,11-14H2,1H3. The van der Waals surface area contributed by atoms with Crippen LogP contribution in [0, 0.1) is 5.41 Å². The second-order valence-electron chi connectivity index (χ2n) is 6.97. The lowest BCUT2D eigenvalue weighted by Crippen LogP contribution is -2.34. The van der Waals surface area contributed by atoms with Gasteiger partial charge in [-0.2, -0.15) is 0 Å². The highest BCUT2D eigenvalue weighted by Gasteiger charge is 2.48. The molecule has 2 aliphatic heterocycles. The second-order valence-corrected chi connectivity index (χ2v) is 6.97. The van der Waals surface area contributed by atoms with Gasteiger partial charge >= 0.3 is 0 Å². The molecule has 1 atom stereocenters.